The summed E-state index contributed by atoms with van der Waals surface area (Å²) in [6.07, 6.45) is 16.9. The Morgan fingerprint density at radius 1 is 0.388 bits per heavy atom. The molecule has 12 heterocycles. The second kappa shape index (κ2) is 48.6. The topological polar surface area (TPSA) is 399 Å². The number of aromatic hydroxyl groups is 1. The van der Waals surface area contributed by atoms with Gasteiger partial charge in [-0.15, -0.1) is 0 Å². The minimum Gasteiger partial charge on any atom is -0.508 e. The number of amides is 3. The number of anilines is 1. The first-order chi connectivity index (χ1) is 70.9. The molecule has 0 radical (unpaired) electrons. The molecule has 7 aromatic carbocycles. The number of furan rings is 1. The number of carbonyl (C=O) groups excluding carboxylic acids is 7. The number of halogens is 5. The number of aromatic amines is 1. The van der Waals surface area contributed by atoms with Crippen molar-refractivity contribution in [1.82, 2.24) is 65.5 Å². The summed E-state index contributed by atoms with van der Waals surface area (Å²) in [5.41, 5.74) is 18.4. The lowest BCUT2D eigenvalue weighted by atomic mass is 10.0. The molecule has 28 nitrogen and oxygen atoms in total. The highest BCUT2D eigenvalue weighted by Gasteiger charge is 2.31. The van der Waals surface area contributed by atoms with Gasteiger partial charge >= 0.3 is 0 Å². The predicted octanol–water partition coefficient (Wildman–Crippen LogP) is 25.3. The number of aliphatic imine (C=N–C) groups is 1. The second-order valence-electron chi connectivity index (χ2n) is 34.2. The Labute approximate surface area is 870 Å². The van der Waals surface area contributed by atoms with Gasteiger partial charge in [-0.25, -0.2) is 29.9 Å². The zero-order valence-corrected chi connectivity index (χ0v) is 85.1. The number of H-pyrrole nitrogens is 1. The Morgan fingerprint density at radius 3 is 1.33 bits per heavy atom. The standard InChI is InChI=1S/C26H19ClN4O3.C26H22ClN3O3.C22H18ClN3O2.C20H19ClN4O3.C20H18ClNO2/c27-22-4-2-1-3-21(22)24-23(25-29-11-12-30-25)31-26(34-24)17-9-10-28-18(14-17)15-20(33)13-16-5-7-19(32)8-6-16;1-16-14-28-19(12-17(2)31)13-21(16)26-30-23(24(33-26)20-10-6-7-11-22(20)27)25(32)29-15-18-8-4-3-5-9-18;1-13-12-25-15(10-14(2)27)11-17(13)22-26-20(16-6-3-4-7-18(16)23)21(28-22)19-8-5-9-24-19;1-4-22-19(27)17-18(13-7-5-6-8-15(13)21)28-20(25-17)14-9-16(24-12(3)26)23-10-11(14)2;1-12-8-19(24-20(12)16-6-4-5-7-18(16)21)17-10-15(9-14(3)23)22-11-13(17)2/h1-12,14,32H,13,15H2,(H,29,30);3-11,13-14H,12,15H2,1-2H3,(H,29,32);3-8,11-12H,9-10H2,1-2H3;5-10H,4H2,1-3H3,(H,22,27)(H,23,24,26);4-8,10-11H,9H2,1-3H3. The number of imidazole rings is 1. The molecule has 33 heteroatoms. The van der Waals surface area contributed by atoms with E-state index in [4.69, 9.17) is 85.1 Å². The van der Waals surface area contributed by atoms with Crippen LogP contribution >= 0.6 is 58.0 Å². The van der Waals surface area contributed by atoms with Crippen LogP contribution in [0.3, 0.4) is 0 Å². The first-order valence-corrected chi connectivity index (χ1v) is 48.3. The Kier molecular flexibility index (Phi) is 34.6. The van der Waals surface area contributed by atoms with Crippen LogP contribution in [0, 0.1) is 34.6 Å². The third-order valence-corrected chi connectivity index (χ3v) is 24.3. The van der Waals surface area contributed by atoms with Crippen molar-refractivity contribution in [3.63, 3.8) is 0 Å². The fourth-order valence-corrected chi connectivity index (χ4v) is 16.7. The molecule has 0 fully saturated rings. The van der Waals surface area contributed by atoms with Crippen LogP contribution in [0.2, 0.25) is 25.1 Å². The van der Waals surface area contributed by atoms with Gasteiger partial charge in [-0.2, -0.15) is 0 Å². The van der Waals surface area contributed by atoms with Crippen molar-refractivity contribution in [3.8, 4) is 131 Å². The van der Waals surface area contributed by atoms with E-state index in [0.717, 1.165) is 84.1 Å². The number of allylic oxidation sites excluding steroid dienone is 1. The Bertz CT molecular complexity index is 7980. The molecule has 0 bridgehead atoms. The van der Waals surface area contributed by atoms with Crippen molar-refractivity contribution < 1.29 is 60.8 Å². The maximum absolute atomic E-state index is 13.1. The van der Waals surface area contributed by atoms with Gasteiger partial charge < -0.3 is 48.1 Å². The Hall–Kier alpha value is -16.6. The number of carbonyl (C=O) groups is 7. The van der Waals surface area contributed by atoms with E-state index in [2.05, 4.69) is 70.8 Å². The lowest BCUT2D eigenvalue weighted by Crippen LogP contribution is -2.23. The quantitative estimate of drug-likeness (QED) is 0.0304. The van der Waals surface area contributed by atoms with Gasteiger partial charge in [0.05, 0.1) is 31.7 Å². The van der Waals surface area contributed by atoms with Gasteiger partial charge in [-0.1, -0.05) is 173 Å². The molecule has 0 aliphatic carbocycles. The molecule has 740 valence electrons. The minimum absolute atomic E-state index is 0.00226. The molecule has 0 unspecified atom stereocenters. The number of rotatable bonds is 28. The molecular formula is C114H96Cl5N15O13. The molecule has 0 saturated heterocycles. The van der Waals surface area contributed by atoms with Crippen LogP contribution < -0.4 is 16.0 Å². The number of hydrogen-bond acceptors (Lipinski definition) is 24. The van der Waals surface area contributed by atoms with Crippen molar-refractivity contribution in [2.24, 2.45) is 4.99 Å². The molecule has 0 saturated carbocycles. The average Bonchev–Trinajstić information content (AvgIpc) is 1.68. The molecule has 18 aromatic rings. The van der Waals surface area contributed by atoms with E-state index in [0.29, 0.717) is 148 Å². The van der Waals surface area contributed by atoms with Gasteiger partial charge in [-0.3, -0.25) is 58.5 Å². The molecule has 1 aliphatic heterocycles. The van der Waals surface area contributed by atoms with Crippen molar-refractivity contribution in [2.75, 3.05) is 18.4 Å². The molecule has 1 aliphatic rings. The molecule has 5 N–H and O–H groups in total. The summed E-state index contributed by atoms with van der Waals surface area (Å²) < 4.78 is 30.5. The summed E-state index contributed by atoms with van der Waals surface area (Å²) >= 11 is 31.9. The van der Waals surface area contributed by atoms with E-state index in [1.165, 1.54) is 13.8 Å². The zero-order valence-electron chi connectivity index (χ0n) is 81.3. The van der Waals surface area contributed by atoms with E-state index in [-0.39, 0.29) is 107 Å². The lowest BCUT2D eigenvalue weighted by molar-refractivity contribution is -0.118. The molecular weight excluding hydrogens is 1960 g/mol. The van der Waals surface area contributed by atoms with Crippen molar-refractivity contribution >= 4 is 110 Å². The van der Waals surface area contributed by atoms with Crippen LogP contribution in [-0.4, -0.2) is 120 Å². The number of hydrogen-bond donors (Lipinski definition) is 5. The predicted molar refractivity (Wildman–Crippen MR) is 569 cm³/mol. The van der Waals surface area contributed by atoms with Crippen molar-refractivity contribution in [3.05, 3.63) is 378 Å². The van der Waals surface area contributed by atoms with Gasteiger partial charge in [0, 0.05) is 174 Å². The van der Waals surface area contributed by atoms with Gasteiger partial charge in [0.2, 0.25) is 29.5 Å². The van der Waals surface area contributed by atoms with Gasteiger partial charge in [-0.05, 0) is 217 Å². The van der Waals surface area contributed by atoms with E-state index >= 15 is 0 Å². The molecule has 19 rings (SSSR count). The summed E-state index contributed by atoms with van der Waals surface area (Å²) in [6.45, 7) is 18.9. The number of pyridine rings is 5. The monoisotopic (exact) mass is 2060 g/mol. The molecule has 0 spiro atoms. The summed E-state index contributed by atoms with van der Waals surface area (Å²) in [7, 11) is 0. The van der Waals surface area contributed by atoms with Gasteiger partial charge in [0.25, 0.3) is 11.8 Å². The van der Waals surface area contributed by atoms with Gasteiger partial charge in [0.1, 0.15) is 57.6 Å². The van der Waals surface area contributed by atoms with Crippen LogP contribution in [0.25, 0.3) is 125 Å². The minimum atomic E-state index is -0.376. The molecule has 11 aromatic heterocycles. The second-order valence-corrected chi connectivity index (χ2v) is 36.2. The van der Waals surface area contributed by atoms with Crippen LogP contribution in [0.15, 0.2) is 301 Å². The fraction of sp³-hybridized carbons (Fsp3) is 0.158. The molecule has 0 atom stereocenters. The number of aryl methyl sites for hydroxylation is 5. The van der Waals surface area contributed by atoms with Gasteiger partial charge in [0.15, 0.2) is 45.9 Å². The highest BCUT2D eigenvalue weighted by atomic mass is 35.5. The molecule has 147 heavy (non-hydrogen) atoms. The maximum atomic E-state index is 13.1. The van der Waals surface area contributed by atoms with Crippen LogP contribution in [-0.2, 0) is 62.6 Å². The van der Waals surface area contributed by atoms with E-state index in [9.17, 15) is 38.7 Å². The van der Waals surface area contributed by atoms with E-state index in [1.807, 2.05) is 175 Å². The number of Topliss-reactive ketones (excluding diaryl/α,β-unsaturated/α-hetero) is 4. The fourth-order valence-electron chi connectivity index (χ4n) is 15.6. The third kappa shape index (κ3) is 26.7. The SMILES string of the molecule is CC(=O)Cc1cc(-c2cc(C)c(-c3ccccc3Cl)o2)c(C)cn1.CC(=O)Cc1cc(-c2nc(-c3ccccc3Cl)c(C3=NCC=C3)o2)c(C)cn1.CC(=O)Cc1cc(-c2nc(C(=O)NCc3ccccc3)c(-c3ccccc3Cl)o2)c(C)cn1.CCNC(=O)c1nc(-c2cc(NC(C)=O)ncc2C)oc1-c1ccccc1Cl.O=C(Cc1ccc(O)cc1)Cc1cc(-c2nc(-c3ncc[nH]3)c(-c3ccccc3Cl)o2)ccn1. The summed E-state index contributed by atoms with van der Waals surface area (Å²) in [6, 6.07) is 65.7. The van der Waals surface area contributed by atoms with Crippen LogP contribution in [0.4, 0.5) is 5.82 Å². The Morgan fingerprint density at radius 2 is 0.837 bits per heavy atom. The number of nitrogens with one attached hydrogen (secondary N) is 4. The number of nitrogens with zero attached hydrogens (tertiary/aromatic N) is 11. The smallest absolute Gasteiger partial charge is 0.274 e. The van der Waals surface area contributed by atoms with E-state index in [1.54, 1.807) is 154 Å². The largest absolute Gasteiger partial charge is 0.508 e. The first-order valence-electron chi connectivity index (χ1n) is 46.4. The normalized spacial score (nSPS) is 11.2. The van der Waals surface area contributed by atoms with Crippen LogP contribution in [0.5, 0.6) is 5.75 Å². The highest BCUT2D eigenvalue weighted by molar-refractivity contribution is 6.35. The van der Waals surface area contributed by atoms with Crippen molar-refractivity contribution in [2.45, 2.75) is 108 Å². The highest BCUT2D eigenvalue weighted by Crippen LogP contribution is 2.44. The number of aromatic nitrogens is 11. The number of benzene rings is 7. The third-order valence-electron chi connectivity index (χ3n) is 22.6. The number of oxazole rings is 4. The lowest BCUT2D eigenvalue weighted by Gasteiger charge is -2.06. The average molecular weight is 2060 g/mol. The summed E-state index contributed by atoms with van der Waals surface area (Å²) in [4.78, 5) is 136. The van der Waals surface area contributed by atoms with Crippen LogP contribution in [0.1, 0.15) is 123 Å². The van der Waals surface area contributed by atoms with Crippen molar-refractivity contribution in [1.29, 1.82) is 0 Å². The molecule has 3 amide bonds. The summed E-state index contributed by atoms with van der Waals surface area (Å²) in [5, 5.41) is 20.4. The Balaban J connectivity index is 0.000000138. The summed E-state index contributed by atoms with van der Waals surface area (Å²) in [5.74, 6) is 4.77. The number of phenols is 1. The number of ketones is 4. The van der Waals surface area contributed by atoms with E-state index < -0.39 is 0 Å². The number of phenolic OH excluding ortho intramolecular Hbond substituents is 1. The zero-order chi connectivity index (χ0) is 104. The first kappa shape index (κ1) is 105. The maximum Gasteiger partial charge on any atom is 0.274 e.